The smallest absolute Gasteiger partial charge is 0.219 e. The standard InChI is InChI=1S/C39H79NO6Si2.C22H41NO3.C18H40O3Si2/c1-7-8-9-10-17-24-33-47(3,4)46-48(5,6)34-25-32-45-35-38(43)29-20-13-11-12-16-23-31-40-39(44)30-22-21-28-37(42)27-19-15-14-18-26-36(2)41;1-3-4-5-6-9-14-19-23-22(26)18-13-12-17-21(25)16-11-8-7-10-15-20(2)24;1-6-7-8-9-10-11-14-22(2,3)21-23(4,5)15-12-13-19-16-18-17-20-18/h38,43H,7-35H2,1-6H3,(H,40,44);3-19H2,1-2H3,(H,23,26);18H,6-17H2,1-5H3. The number of unbranched alkanes of at least 4 members (excludes halogenated alkanes) is 28. The third kappa shape index (κ3) is 76.7. The van der Waals surface area contributed by atoms with Crippen LogP contribution in [0.25, 0.3) is 0 Å². The predicted molar refractivity (Wildman–Crippen MR) is 420 cm³/mol. The molecule has 1 fully saturated rings. The Bertz CT molecular complexity index is 1890. The summed E-state index contributed by atoms with van der Waals surface area (Å²) in [5.41, 5.74) is 0. The van der Waals surface area contributed by atoms with Gasteiger partial charge in [0.05, 0.1) is 25.9 Å². The van der Waals surface area contributed by atoms with Gasteiger partial charge >= 0.3 is 0 Å². The van der Waals surface area contributed by atoms with Crippen molar-refractivity contribution in [2.75, 3.05) is 46.1 Å². The van der Waals surface area contributed by atoms with E-state index in [1.807, 2.05) is 0 Å². The minimum Gasteiger partial charge on any atom is -0.455 e. The molecule has 0 aromatic heterocycles. The van der Waals surface area contributed by atoms with E-state index in [9.17, 15) is 33.9 Å². The van der Waals surface area contributed by atoms with Crippen LogP contribution < -0.4 is 10.6 Å². The van der Waals surface area contributed by atoms with Crippen LogP contribution in [0.2, 0.25) is 76.6 Å². The maximum atomic E-state index is 12.1. The summed E-state index contributed by atoms with van der Waals surface area (Å²) in [5, 5.41) is 16.3. The van der Waals surface area contributed by atoms with Crippen LogP contribution >= 0.6 is 0 Å². The lowest BCUT2D eigenvalue weighted by atomic mass is 10.0. The molecule has 1 saturated heterocycles. The summed E-state index contributed by atoms with van der Waals surface area (Å²) in [5.74, 6) is 1.30. The number of ether oxygens (including phenoxy) is 3. The lowest BCUT2D eigenvalue weighted by Gasteiger charge is -2.34. The molecule has 1 heterocycles. The fraction of sp³-hybridized carbons (Fsp3) is 0.924. The molecule has 97 heavy (non-hydrogen) atoms. The molecule has 18 heteroatoms. The molecule has 3 N–H and O–H groups in total. The van der Waals surface area contributed by atoms with Gasteiger partial charge in [0.25, 0.3) is 0 Å². The first-order chi connectivity index (χ1) is 46.3. The third-order valence-electron chi connectivity index (χ3n) is 18.3. The van der Waals surface area contributed by atoms with Crippen molar-refractivity contribution < 1.29 is 56.3 Å². The van der Waals surface area contributed by atoms with Gasteiger partial charge in [0, 0.05) is 77.7 Å². The van der Waals surface area contributed by atoms with Gasteiger partial charge in [-0.1, -0.05) is 188 Å². The number of hydrogen-bond acceptors (Lipinski definition) is 12. The van der Waals surface area contributed by atoms with Gasteiger partial charge in [0.15, 0.2) is 33.3 Å². The summed E-state index contributed by atoms with van der Waals surface area (Å²) in [4.78, 5) is 69.3. The monoisotopic (exact) mass is 1440 g/mol. The van der Waals surface area contributed by atoms with Crippen molar-refractivity contribution in [1.29, 1.82) is 0 Å². The number of carbonyl (C=O) groups excluding carboxylic acids is 6. The molecule has 574 valence electrons. The van der Waals surface area contributed by atoms with Crippen LogP contribution in [0.4, 0.5) is 0 Å². The van der Waals surface area contributed by atoms with E-state index in [1.54, 1.807) is 13.8 Å². The zero-order chi connectivity index (χ0) is 72.6. The van der Waals surface area contributed by atoms with E-state index in [2.05, 4.69) is 83.8 Å². The van der Waals surface area contributed by atoms with Crippen LogP contribution in [0, 0.1) is 0 Å². The second kappa shape index (κ2) is 66.2. The van der Waals surface area contributed by atoms with E-state index in [1.165, 1.54) is 127 Å². The Balaban J connectivity index is 0. The van der Waals surface area contributed by atoms with E-state index in [0.717, 1.165) is 180 Å². The highest BCUT2D eigenvalue weighted by Crippen LogP contribution is 2.27. The summed E-state index contributed by atoms with van der Waals surface area (Å²) in [6.07, 6.45) is 49.0. The highest BCUT2D eigenvalue weighted by Gasteiger charge is 2.34. The highest BCUT2D eigenvalue weighted by molar-refractivity contribution is 6.85. The van der Waals surface area contributed by atoms with Crippen molar-refractivity contribution in [3.05, 3.63) is 0 Å². The molecule has 2 atom stereocenters. The van der Waals surface area contributed by atoms with Gasteiger partial charge in [-0.05, 0) is 174 Å². The van der Waals surface area contributed by atoms with E-state index < -0.39 is 33.3 Å². The molecule has 1 aliphatic heterocycles. The Labute approximate surface area is 603 Å². The van der Waals surface area contributed by atoms with Gasteiger partial charge < -0.3 is 47.8 Å². The maximum absolute atomic E-state index is 12.1. The molecule has 0 saturated carbocycles. The topological polar surface area (TPSA) is 196 Å². The van der Waals surface area contributed by atoms with Crippen LogP contribution in [0.3, 0.4) is 0 Å². The Morgan fingerprint density at radius 2 is 0.670 bits per heavy atom. The van der Waals surface area contributed by atoms with Crippen LogP contribution in [0.5, 0.6) is 0 Å². The Morgan fingerprint density at radius 1 is 0.381 bits per heavy atom. The van der Waals surface area contributed by atoms with Gasteiger partial charge in [-0.3, -0.25) is 19.2 Å². The van der Waals surface area contributed by atoms with Crippen molar-refractivity contribution in [2.24, 2.45) is 0 Å². The molecule has 1 aliphatic rings. The summed E-state index contributed by atoms with van der Waals surface area (Å²) >= 11 is 0. The van der Waals surface area contributed by atoms with Gasteiger partial charge in [-0.25, -0.2) is 0 Å². The van der Waals surface area contributed by atoms with Gasteiger partial charge in [0.1, 0.15) is 29.2 Å². The van der Waals surface area contributed by atoms with Crippen molar-refractivity contribution >= 4 is 68.2 Å². The van der Waals surface area contributed by atoms with E-state index in [0.29, 0.717) is 82.3 Å². The van der Waals surface area contributed by atoms with Gasteiger partial charge in [0.2, 0.25) is 11.8 Å². The number of nitrogens with one attached hydrogen (secondary N) is 2. The second-order valence-corrected chi connectivity index (χ2v) is 49.1. The number of aliphatic hydroxyl groups is 1. The lowest BCUT2D eigenvalue weighted by Crippen LogP contribution is -2.44. The lowest BCUT2D eigenvalue weighted by molar-refractivity contribution is -0.122. The predicted octanol–water partition coefficient (Wildman–Crippen LogP) is 21.5. The number of aliphatic hydroxyl groups excluding tert-OH is 1. The molecule has 0 spiro atoms. The molecule has 2 amide bonds. The zero-order valence-corrected chi connectivity index (χ0v) is 70.1. The summed E-state index contributed by atoms with van der Waals surface area (Å²) in [6, 6.07) is 4.93. The van der Waals surface area contributed by atoms with Crippen LogP contribution in [-0.4, -0.2) is 132 Å². The fourth-order valence-corrected chi connectivity index (χ4v) is 30.4. The summed E-state index contributed by atoms with van der Waals surface area (Å²) < 4.78 is 30.1. The third-order valence-corrected chi connectivity index (χ3v) is 33.4. The van der Waals surface area contributed by atoms with Gasteiger partial charge in [-0.2, -0.15) is 0 Å². The minimum absolute atomic E-state index is 0.0904. The molecule has 0 bridgehead atoms. The minimum atomic E-state index is -1.68. The average Bonchev–Trinajstić information content (AvgIpc) is 1.82. The van der Waals surface area contributed by atoms with Crippen molar-refractivity contribution in [3.63, 3.8) is 0 Å². The van der Waals surface area contributed by atoms with Crippen molar-refractivity contribution in [3.8, 4) is 0 Å². The van der Waals surface area contributed by atoms with Crippen molar-refractivity contribution in [1.82, 2.24) is 10.6 Å². The quantitative estimate of drug-likeness (QED) is 0.0297. The van der Waals surface area contributed by atoms with E-state index >= 15 is 0 Å². The number of carbonyl (C=O) groups is 6. The Hall–Kier alpha value is -1.75. The molecule has 0 aromatic rings. The van der Waals surface area contributed by atoms with Gasteiger partial charge in [-0.15, -0.1) is 0 Å². The first-order valence-electron chi connectivity index (χ1n) is 40.7. The molecule has 14 nitrogen and oxygen atoms in total. The Morgan fingerprint density at radius 3 is 1.03 bits per heavy atom. The molecular weight excluding hydrogens is 1280 g/mol. The molecule has 1 rings (SSSR count). The Kier molecular flexibility index (Phi) is 66.4. The summed E-state index contributed by atoms with van der Waals surface area (Å²) in [7, 11) is -6.29. The van der Waals surface area contributed by atoms with Crippen LogP contribution in [0.15, 0.2) is 0 Å². The van der Waals surface area contributed by atoms with Crippen molar-refractivity contribution in [2.45, 2.75) is 425 Å². The van der Waals surface area contributed by atoms with Crippen LogP contribution in [-0.2, 0) is 51.2 Å². The molecular formula is C79H160N2O12Si4. The fourth-order valence-electron chi connectivity index (χ4n) is 12.6. The number of Topliss-reactive ketones (excluding diaryl/α,β-unsaturated/α-hetero) is 4. The summed E-state index contributed by atoms with van der Waals surface area (Å²) in [6.45, 7) is 34.3. The normalized spacial score (nSPS) is 13.5. The van der Waals surface area contributed by atoms with E-state index in [-0.39, 0.29) is 29.5 Å². The first-order valence-corrected chi connectivity index (χ1v) is 53.1. The largest absolute Gasteiger partial charge is 0.455 e. The highest BCUT2D eigenvalue weighted by atomic mass is 28.4. The number of amides is 2. The maximum Gasteiger partial charge on any atom is 0.219 e. The molecule has 0 aliphatic carbocycles. The molecule has 0 aromatic carbocycles. The number of rotatable bonds is 70. The second-order valence-electron chi connectivity index (χ2n) is 31.3. The number of epoxide rings is 1. The number of hydrogen-bond donors (Lipinski definition) is 3. The molecule has 2 unspecified atom stereocenters. The van der Waals surface area contributed by atoms with Crippen LogP contribution in [0.1, 0.15) is 336 Å². The first kappa shape index (κ1) is 97.3. The molecule has 0 radical (unpaired) electrons. The number of ketones is 4. The average molecular weight is 1440 g/mol. The SMILES string of the molecule is CCCCCCCCNC(=O)CCCCC(=O)CCCCCCC(C)=O.CCCCCCCC[Si](C)(C)O[Si](C)(C)CCCOCC(O)CCCCCCCCNC(=O)CCCCC(=O)CCCCCCC(C)=O.CCCCCCCC[Si](C)(C)O[Si](C)(C)CCCOCC1CO1. The zero-order valence-electron chi connectivity index (χ0n) is 66.1. The van der Waals surface area contributed by atoms with E-state index in [4.69, 9.17) is 22.4 Å².